The van der Waals surface area contributed by atoms with Gasteiger partial charge in [-0.3, -0.25) is 4.79 Å². The van der Waals surface area contributed by atoms with Gasteiger partial charge in [-0.2, -0.15) is 10.1 Å². The summed E-state index contributed by atoms with van der Waals surface area (Å²) >= 11 is 12.8. The highest BCUT2D eigenvalue weighted by Gasteiger charge is 2.35. The Balaban J connectivity index is 1.79. The van der Waals surface area contributed by atoms with Crippen molar-refractivity contribution in [3.63, 3.8) is 0 Å². The molecule has 2 aromatic carbocycles. The van der Waals surface area contributed by atoms with Crippen LogP contribution in [0.4, 0.5) is 16.0 Å². The number of fused-ring (bicyclic) bond motifs is 1. The number of anilines is 2. The lowest BCUT2D eigenvalue weighted by Crippen LogP contribution is -2.31. The van der Waals surface area contributed by atoms with Crippen molar-refractivity contribution in [2.75, 3.05) is 17.2 Å². The SMILES string of the molecule is CC1=C(C(=O)Nc2ccc(F)cc2)C(c2cccc(Cl)c2Cl)n2nc(CCCO)nc2N1. The van der Waals surface area contributed by atoms with E-state index in [4.69, 9.17) is 28.3 Å². The van der Waals surface area contributed by atoms with Gasteiger partial charge in [0.05, 0.1) is 15.6 Å². The molecule has 0 spiro atoms. The van der Waals surface area contributed by atoms with Crippen molar-refractivity contribution in [3.05, 3.63) is 81.0 Å². The largest absolute Gasteiger partial charge is 0.396 e. The van der Waals surface area contributed by atoms with Crippen LogP contribution in [0.2, 0.25) is 10.0 Å². The molecule has 32 heavy (non-hydrogen) atoms. The van der Waals surface area contributed by atoms with E-state index in [0.29, 0.717) is 57.2 Å². The van der Waals surface area contributed by atoms with Crippen LogP contribution in [0, 0.1) is 5.82 Å². The predicted molar refractivity (Wildman–Crippen MR) is 121 cm³/mol. The molecule has 1 amide bonds. The van der Waals surface area contributed by atoms with Crippen molar-refractivity contribution in [2.24, 2.45) is 0 Å². The van der Waals surface area contributed by atoms with E-state index in [1.165, 1.54) is 24.3 Å². The number of hydrogen-bond acceptors (Lipinski definition) is 5. The molecule has 0 saturated carbocycles. The van der Waals surface area contributed by atoms with E-state index < -0.39 is 17.8 Å². The highest BCUT2D eigenvalue weighted by molar-refractivity contribution is 6.42. The third-order valence-corrected chi connectivity index (χ3v) is 5.91. The number of nitrogens with zero attached hydrogens (tertiary/aromatic N) is 3. The fraction of sp³-hybridized carbons (Fsp3) is 0.227. The molecule has 0 radical (unpaired) electrons. The Bertz CT molecular complexity index is 1190. The zero-order valence-corrected chi connectivity index (χ0v) is 18.6. The second kappa shape index (κ2) is 9.28. The molecule has 3 aromatic rings. The van der Waals surface area contributed by atoms with Crippen LogP contribution < -0.4 is 10.6 Å². The Morgan fingerprint density at radius 1 is 1.25 bits per heavy atom. The first-order valence-corrected chi connectivity index (χ1v) is 10.7. The summed E-state index contributed by atoms with van der Waals surface area (Å²) in [6, 6.07) is 9.99. The van der Waals surface area contributed by atoms with Crippen molar-refractivity contribution in [2.45, 2.75) is 25.8 Å². The predicted octanol–water partition coefficient (Wildman–Crippen LogP) is 4.58. The van der Waals surface area contributed by atoms with Gasteiger partial charge in [0.2, 0.25) is 5.95 Å². The van der Waals surface area contributed by atoms with Gasteiger partial charge in [-0.25, -0.2) is 9.07 Å². The smallest absolute Gasteiger partial charge is 0.255 e. The molecule has 1 aromatic heterocycles. The number of carbonyl (C=O) groups is 1. The molecular formula is C22H20Cl2FN5O2. The van der Waals surface area contributed by atoms with Gasteiger partial charge in [-0.05, 0) is 43.7 Å². The molecule has 4 rings (SSSR count). The monoisotopic (exact) mass is 475 g/mol. The summed E-state index contributed by atoms with van der Waals surface area (Å²) in [6.07, 6.45) is 0.987. The molecule has 1 aliphatic rings. The fourth-order valence-electron chi connectivity index (χ4n) is 3.58. The van der Waals surface area contributed by atoms with Gasteiger partial charge < -0.3 is 15.7 Å². The number of aromatic nitrogens is 3. The summed E-state index contributed by atoms with van der Waals surface area (Å²) in [5, 5.41) is 20.3. The van der Waals surface area contributed by atoms with Crippen LogP contribution in [0.3, 0.4) is 0 Å². The molecule has 2 heterocycles. The first-order valence-electron chi connectivity index (χ1n) is 9.94. The molecule has 1 atom stereocenters. The molecule has 0 bridgehead atoms. The Morgan fingerprint density at radius 3 is 2.72 bits per heavy atom. The molecule has 0 saturated heterocycles. The Hall–Kier alpha value is -2.94. The molecule has 7 nitrogen and oxygen atoms in total. The molecule has 10 heteroatoms. The van der Waals surface area contributed by atoms with Gasteiger partial charge in [-0.1, -0.05) is 35.3 Å². The van der Waals surface area contributed by atoms with Gasteiger partial charge >= 0.3 is 0 Å². The summed E-state index contributed by atoms with van der Waals surface area (Å²) in [7, 11) is 0. The van der Waals surface area contributed by atoms with Gasteiger partial charge in [0.25, 0.3) is 5.91 Å². The normalized spacial score (nSPS) is 15.3. The number of rotatable bonds is 6. The number of carbonyl (C=O) groups excluding carboxylic acids is 1. The standard InChI is InChI=1S/C22H20Cl2FN5O2/c1-12-18(21(32)27-14-9-7-13(25)8-10-14)20(15-4-2-5-16(23)19(15)24)30-22(26-12)28-17(29-30)6-3-11-31/h2,4-5,7-10,20,31H,3,6,11H2,1H3,(H,27,32)(H,26,28,29). The van der Waals surface area contributed by atoms with E-state index in [0.717, 1.165) is 0 Å². The van der Waals surface area contributed by atoms with Gasteiger partial charge in [-0.15, -0.1) is 0 Å². The minimum absolute atomic E-state index is 0.0173. The minimum atomic E-state index is -0.701. The van der Waals surface area contributed by atoms with E-state index in [9.17, 15) is 9.18 Å². The summed E-state index contributed by atoms with van der Waals surface area (Å²) in [5.74, 6) is 0.178. The van der Waals surface area contributed by atoms with Crippen LogP contribution in [0.25, 0.3) is 0 Å². The maximum absolute atomic E-state index is 13.4. The number of allylic oxidation sites excluding steroid dienone is 1. The summed E-state index contributed by atoms with van der Waals surface area (Å²) < 4.78 is 14.9. The van der Waals surface area contributed by atoms with Gasteiger partial charge in [0.15, 0.2) is 5.82 Å². The molecule has 0 fully saturated rings. The molecule has 0 aliphatic carbocycles. The van der Waals surface area contributed by atoms with Crippen LogP contribution >= 0.6 is 23.2 Å². The third-order valence-electron chi connectivity index (χ3n) is 5.08. The first-order chi connectivity index (χ1) is 15.4. The number of aliphatic hydroxyl groups excluding tert-OH is 1. The summed E-state index contributed by atoms with van der Waals surface area (Å²) in [5.41, 5.74) is 1.97. The maximum Gasteiger partial charge on any atom is 0.255 e. The van der Waals surface area contributed by atoms with Crippen LogP contribution in [-0.4, -0.2) is 32.4 Å². The van der Waals surface area contributed by atoms with Crippen LogP contribution in [0.5, 0.6) is 0 Å². The lowest BCUT2D eigenvalue weighted by Gasteiger charge is -2.29. The maximum atomic E-state index is 13.4. The number of halogens is 3. The number of aryl methyl sites for hydroxylation is 1. The second-order valence-electron chi connectivity index (χ2n) is 7.29. The zero-order chi connectivity index (χ0) is 22.8. The minimum Gasteiger partial charge on any atom is -0.396 e. The van der Waals surface area contributed by atoms with Crippen LogP contribution in [-0.2, 0) is 11.2 Å². The number of nitrogens with one attached hydrogen (secondary N) is 2. The van der Waals surface area contributed by atoms with Crippen molar-refractivity contribution in [1.29, 1.82) is 0 Å². The van der Waals surface area contributed by atoms with Crippen molar-refractivity contribution in [3.8, 4) is 0 Å². The number of hydrogen-bond donors (Lipinski definition) is 3. The molecule has 1 unspecified atom stereocenters. The molecule has 3 N–H and O–H groups in total. The van der Waals surface area contributed by atoms with E-state index in [1.54, 1.807) is 29.8 Å². The fourth-order valence-corrected chi connectivity index (χ4v) is 3.99. The Kier molecular flexibility index (Phi) is 6.45. The average molecular weight is 476 g/mol. The zero-order valence-electron chi connectivity index (χ0n) is 17.1. The first kappa shape index (κ1) is 22.3. The Labute approximate surface area is 193 Å². The number of amides is 1. The van der Waals surface area contributed by atoms with Crippen molar-refractivity contribution in [1.82, 2.24) is 14.8 Å². The van der Waals surface area contributed by atoms with Crippen LogP contribution in [0.15, 0.2) is 53.7 Å². The molecule has 166 valence electrons. The average Bonchev–Trinajstić information content (AvgIpc) is 3.17. The second-order valence-corrected chi connectivity index (χ2v) is 8.08. The highest BCUT2D eigenvalue weighted by atomic mass is 35.5. The van der Waals surface area contributed by atoms with Crippen molar-refractivity contribution >= 4 is 40.7 Å². The topological polar surface area (TPSA) is 92.1 Å². The third kappa shape index (κ3) is 4.34. The van der Waals surface area contributed by atoms with Crippen molar-refractivity contribution < 1.29 is 14.3 Å². The molecule has 1 aliphatic heterocycles. The van der Waals surface area contributed by atoms with E-state index in [1.807, 2.05) is 0 Å². The van der Waals surface area contributed by atoms with E-state index in [2.05, 4.69) is 20.7 Å². The summed E-state index contributed by atoms with van der Waals surface area (Å²) in [4.78, 5) is 17.9. The quantitative estimate of drug-likeness (QED) is 0.485. The van der Waals surface area contributed by atoms with Crippen LogP contribution in [0.1, 0.15) is 30.8 Å². The van der Waals surface area contributed by atoms with Gasteiger partial charge in [0, 0.05) is 30.0 Å². The number of aliphatic hydroxyl groups is 1. The number of benzene rings is 2. The summed E-state index contributed by atoms with van der Waals surface area (Å²) in [6.45, 7) is 1.78. The lowest BCUT2D eigenvalue weighted by atomic mass is 9.95. The van der Waals surface area contributed by atoms with Gasteiger partial charge in [0.1, 0.15) is 11.9 Å². The van der Waals surface area contributed by atoms with E-state index >= 15 is 0 Å². The molecular weight excluding hydrogens is 456 g/mol. The lowest BCUT2D eigenvalue weighted by molar-refractivity contribution is -0.113. The Morgan fingerprint density at radius 2 is 2.00 bits per heavy atom. The van der Waals surface area contributed by atoms with E-state index in [-0.39, 0.29) is 6.61 Å². The highest BCUT2D eigenvalue weighted by Crippen LogP contribution is 2.40.